The van der Waals surface area contributed by atoms with Gasteiger partial charge in [-0.1, -0.05) is 24.3 Å². The Bertz CT molecular complexity index is 1380. The van der Waals surface area contributed by atoms with Crippen molar-refractivity contribution < 1.29 is 18.7 Å². The highest BCUT2D eigenvalue weighted by atomic mass is 19.1. The van der Waals surface area contributed by atoms with Crippen LogP contribution in [0.1, 0.15) is 39.2 Å². The fourth-order valence-electron chi connectivity index (χ4n) is 4.24. The summed E-state index contributed by atoms with van der Waals surface area (Å²) >= 11 is 0. The highest BCUT2D eigenvalue weighted by Gasteiger charge is 2.19. The molecule has 0 radical (unpaired) electrons. The fraction of sp³-hybridized carbons (Fsp3) is 0.222. The van der Waals surface area contributed by atoms with E-state index in [-0.39, 0.29) is 23.7 Å². The van der Waals surface area contributed by atoms with Gasteiger partial charge in [-0.3, -0.25) is 9.59 Å². The number of nitrogens with zero attached hydrogens (tertiary/aromatic N) is 2. The third-order valence-corrected chi connectivity index (χ3v) is 6.24. The summed E-state index contributed by atoms with van der Waals surface area (Å²) in [6, 6.07) is 15.1. The molecule has 2 amide bonds. The number of halogens is 1. The van der Waals surface area contributed by atoms with Gasteiger partial charge in [-0.25, -0.2) is 9.37 Å². The molecular formula is C27H25FN4O3. The first-order chi connectivity index (χ1) is 17.0. The van der Waals surface area contributed by atoms with E-state index in [2.05, 4.69) is 15.3 Å². The molecule has 2 aromatic heterocycles. The molecule has 5 rings (SSSR count). The Morgan fingerprint density at radius 3 is 2.60 bits per heavy atom. The van der Waals surface area contributed by atoms with Crippen LogP contribution in [0.5, 0.6) is 0 Å². The van der Waals surface area contributed by atoms with Gasteiger partial charge in [-0.2, -0.15) is 0 Å². The number of amides is 2. The van der Waals surface area contributed by atoms with Crippen LogP contribution in [-0.2, 0) is 4.74 Å². The molecular weight excluding hydrogens is 447 g/mol. The van der Waals surface area contributed by atoms with Crippen LogP contribution in [0.2, 0.25) is 0 Å². The summed E-state index contributed by atoms with van der Waals surface area (Å²) in [6.07, 6.45) is 3.36. The molecule has 35 heavy (non-hydrogen) atoms. The topological polar surface area (TPSA) is 87.3 Å². The summed E-state index contributed by atoms with van der Waals surface area (Å²) in [4.78, 5) is 35.0. The third kappa shape index (κ3) is 4.79. The van der Waals surface area contributed by atoms with E-state index in [0.29, 0.717) is 54.0 Å². The van der Waals surface area contributed by atoms with Crippen LogP contribution >= 0.6 is 0 Å². The minimum atomic E-state index is -0.365. The lowest BCUT2D eigenvalue weighted by Crippen LogP contribution is -2.40. The molecule has 1 atom stereocenters. The van der Waals surface area contributed by atoms with Gasteiger partial charge in [-0.05, 0) is 48.4 Å². The van der Waals surface area contributed by atoms with E-state index in [1.807, 2.05) is 37.3 Å². The third-order valence-electron chi connectivity index (χ3n) is 6.24. The van der Waals surface area contributed by atoms with Crippen molar-refractivity contribution in [1.82, 2.24) is 20.2 Å². The second kappa shape index (κ2) is 9.68. The van der Waals surface area contributed by atoms with Crippen LogP contribution in [-0.4, -0.2) is 53.0 Å². The van der Waals surface area contributed by atoms with E-state index in [4.69, 9.17) is 4.74 Å². The number of benzene rings is 2. The Hall–Kier alpha value is -4.04. The van der Waals surface area contributed by atoms with Crippen molar-refractivity contribution >= 4 is 22.8 Å². The molecule has 1 aliphatic rings. The van der Waals surface area contributed by atoms with Crippen LogP contribution in [0.15, 0.2) is 67.0 Å². The minimum Gasteiger partial charge on any atom is -0.378 e. The predicted molar refractivity (Wildman–Crippen MR) is 131 cm³/mol. The number of carbonyl (C=O) groups is 2. The largest absolute Gasteiger partial charge is 0.378 e. The number of aromatic nitrogens is 2. The van der Waals surface area contributed by atoms with E-state index in [1.54, 1.807) is 29.4 Å². The van der Waals surface area contributed by atoms with Gasteiger partial charge in [0, 0.05) is 42.0 Å². The molecule has 2 aromatic carbocycles. The lowest BCUT2D eigenvalue weighted by molar-refractivity contribution is 0.0303. The molecule has 3 heterocycles. The number of hydrogen-bond donors (Lipinski definition) is 2. The Kier molecular flexibility index (Phi) is 6.29. The summed E-state index contributed by atoms with van der Waals surface area (Å²) in [5.74, 6) is -0.633. The number of pyridine rings is 1. The van der Waals surface area contributed by atoms with Crippen molar-refractivity contribution in [2.45, 2.75) is 13.0 Å². The van der Waals surface area contributed by atoms with Crippen molar-refractivity contribution in [3.05, 3.63) is 89.5 Å². The molecule has 0 saturated carbocycles. The number of aromatic amines is 1. The average Bonchev–Trinajstić information content (AvgIpc) is 3.32. The summed E-state index contributed by atoms with van der Waals surface area (Å²) < 4.78 is 18.9. The molecule has 178 valence electrons. The number of rotatable bonds is 5. The van der Waals surface area contributed by atoms with Crippen LogP contribution in [0.25, 0.3) is 22.2 Å². The van der Waals surface area contributed by atoms with Crippen LogP contribution in [0.3, 0.4) is 0 Å². The van der Waals surface area contributed by atoms with Gasteiger partial charge < -0.3 is 19.9 Å². The van der Waals surface area contributed by atoms with E-state index in [9.17, 15) is 14.0 Å². The molecule has 1 aliphatic heterocycles. The van der Waals surface area contributed by atoms with Gasteiger partial charge in [0.25, 0.3) is 11.8 Å². The van der Waals surface area contributed by atoms with Crippen molar-refractivity contribution in [3.63, 3.8) is 0 Å². The van der Waals surface area contributed by atoms with Crippen LogP contribution in [0.4, 0.5) is 4.39 Å². The number of morpholine rings is 1. The number of nitrogens with one attached hydrogen (secondary N) is 2. The maximum absolute atomic E-state index is 13.6. The highest BCUT2D eigenvalue weighted by molar-refractivity contribution is 6.06. The Morgan fingerprint density at radius 2 is 1.86 bits per heavy atom. The maximum Gasteiger partial charge on any atom is 0.254 e. The monoisotopic (exact) mass is 472 g/mol. The van der Waals surface area contributed by atoms with Gasteiger partial charge in [-0.15, -0.1) is 0 Å². The molecule has 1 saturated heterocycles. The zero-order chi connectivity index (χ0) is 24.4. The van der Waals surface area contributed by atoms with Gasteiger partial charge in [0.05, 0.1) is 24.8 Å². The van der Waals surface area contributed by atoms with Crippen molar-refractivity contribution in [1.29, 1.82) is 0 Å². The first-order valence-electron chi connectivity index (χ1n) is 11.5. The van der Waals surface area contributed by atoms with Crippen LogP contribution in [0, 0.1) is 5.82 Å². The second-order valence-corrected chi connectivity index (χ2v) is 8.55. The van der Waals surface area contributed by atoms with Gasteiger partial charge in [0.15, 0.2) is 0 Å². The van der Waals surface area contributed by atoms with E-state index >= 15 is 0 Å². The quantitative estimate of drug-likeness (QED) is 0.453. The molecule has 0 aliphatic carbocycles. The molecule has 0 bridgehead atoms. The number of carbonyl (C=O) groups excluding carboxylic acids is 2. The SMILES string of the molecule is C[C@H](NC(=O)c1c[nH]c2ncc(-c3ccc(C(=O)N4CCOCC4)cc3)cc12)c1cccc(F)c1. The normalized spacial score (nSPS) is 14.6. The summed E-state index contributed by atoms with van der Waals surface area (Å²) in [5.41, 5.74) is 4.07. The van der Waals surface area contributed by atoms with Crippen molar-refractivity contribution in [2.24, 2.45) is 0 Å². The minimum absolute atomic E-state index is 0.00886. The Balaban J connectivity index is 1.36. The van der Waals surface area contributed by atoms with Crippen molar-refractivity contribution in [3.8, 4) is 11.1 Å². The first-order valence-corrected chi connectivity index (χ1v) is 11.5. The molecule has 0 spiro atoms. The second-order valence-electron chi connectivity index (χ2n) is 8.55. The highest BCUT2D eigenvalue weighted by Crippen LogP contribution is 2.26. The molecule has 0 unspecified atom stereocenters. The summed E-state index contributed by atoms with van der Waals surface area (Å²) in [7, 11) is 0. The van der Waals surface area contributed by atoms with E-state index in [0.717, 1.165) is 11.1 Å². The molecule has 2 N–H and O–H groups in total. The summed E-state index contributed by atoms with van der Waals surface area (Å²) in [5, 5.41) is 3.60. The lowest BCUT2D eigenvalue weighted by atomic mass is 10.0. The smallest absolute Gasteiger partial charge is 0.254 e. The Labute approximate surface area is 201 Å². The van der Waals surface area contributed by atoms with E-state index in [1.165, 1.54) is 12.1 Å². The van der Waals surface area contributed by atoms with Gasteiger partial charge in [0.2, 0.25) is 0 Å². The lowest BCUT2D eigenvalue weighted by Gasteiger charge is -2.26. The molecule has 8 heteroatoms. The van der Waals surface area contributed by atoms with E-state index < -0.39 is 0 Å². The Morgan fingerprint density at radius 1 is 1.09 bits per heavy atom. The number of ether oxygens (including phenoxy) is 1. The first kappa shape index (κ1) is 22.7. The zero-order valence-corrected chi connectivity index (χ0v) is 19.3. The number of hydrogen-bond acceptors (Lipinski definition) is 4. The van der Waals surface area contributed by atoms with Gasteiger partial charge >= 0.3 is 0 Å². The number of H-pyrrole nitrogens is 1. The molecule has 4 aromatic rings. The zero-order valence-electron chi connectivity index (χ0n) is 19.3. The average molecular weight is 473 g/mol. The van der Waals surface area contributed by atoms with Gasteiger partial charge in [0.1, 0.15) is 11.5 Å². The standard InChI is InChI=1S/C27H25FN4O3/c1-17(20-3-2-4-22(28)13-20)31-26(33)24-16-30-25-23(24)14-21(15-29-25)18-5-7-19(8-6-18)27(34)32-9-11-35-12-10-32/h2-8,13-17H,9-12H2,1H3,(H,29,30)(H,31,33)/t17-/m0/s1. The maximum atomic E-state index is 13.6. The number of fused-ring (bicyclic) bond motifs is 1. The molecule has 1 fully saturated rings. The van der Waals surface area contributed by atoms with Crippen molar-refractivity contribution in [2.75, 3.05) is 26.3 Å². The fourth-order valence-corrected chi connectivity index (χ4v) is 4.24. The van der Waals surface area contributed by atoms with Crippen LogP contribution < -0.4 is 5.32 Å². The summed E-state index contributed by atoms with van der Waals surface area (Å²) in [6.45, 7) is 4.12. The molecule has 7 nitrogen and oxygen atoms in total. The predicted octanol–water partition coefficient (Wildman–Crippen LogP) is 4.33.